The summed E-state index contributed by atoms with van der Waals surface area (Å²) >= 11 is 1.34. The van der Waals surface area contributed by atoms with Crippen molar-refractivity contribution < 1.29 is 13.2 Å². The summed E-state index contributed by atoms with van der Waals surface area (Å²) in [5.74, 6) is 0.331. The van der Waals surface area contributed by atoms with Crippen molar-refractivity contribution in [1.29, 1.82) is 0 Å². The molecule has 2 aliphatic rings. The molecule has 1 aliphatic heterocycles. The number of aromatic nitrogens is 1. The van der Waals surface area contributed by atoms with Gasteiger partial charge in [-0.25, -0.2) is 13.4 Å². The summed E-state index contributed by atoms with van der Waals surface area (Å²) in [4.78, 5) is 19.1. The van der Waals surface area contributed by atoms with E-state index in [-0.39, 0.29) is 22.6 Å². The monoisotopic (exact) mass is 445 g/mol. The maximum Gasteiger partial charge on any atom is 0.244 e. The number of carbonyl (C=O) groups is 1. The number of sulfonamides is 1. The maximum atomic E-state index is 12.8. The van der Waals surface area contributed by atoms with E-state index in [9.17, 15) is 13.2 Å². The van der Waals surface area contributed by atoms with Crippen molar-refractivity contribution >= 4 is 27.7 Å². The van der Waals surface area contributed by atoms with Crippen LogP contribution in [0, 0.1) is 0 Å². The Hall–Kier alpha value is -1.90. The Kier molecular flexibility index (Phi) is 6.46. The first-order chi connectivity index (χ1) is 14.5. The molecule has 1 saturated heterocycles. The van der Waals surface area contributed by atoms with E-state index >= 15 is 0 Å². The number of nitrogens with zero attached hydrogens (tertiary/aromatic N) is 3. The summed E-state index contributed by atoms with van der Waals surface area (Å²) in [7, 11) is -1.59. The molecular weight excluding hydrogens is 418 g/mol. The van der Waals surface area contributed by atoms with E-state index in [0.717, 1.165) is 32.1 Å². The van der Waals surface area contributed by atoms with E-state index in [1.165, 1.54) is 33.4 Å². The second kappa shape index (κ2) is 9.08. The van der Waals surface area contributed by atoms with E-state index in [4.69, 9.17) is 0 Å². The Morgan fingerprint density at radius 3 is 2.67 bits per heavy atom. The molecule has 1 atom stereocenters. The number of carbonyl (C=O) groups excluding carboxylic acids is 1. The number of fused-ring (bicyclic) bond motifs is 1. The van der Waals surface area contributed by atoms with E-state index in [2.05, 4.69) is 23.2 Å². The zero-order chi connectivity index (χ0) is 21.1. The zero-order valence-corrected chi connectivity index (χ0v) is 18.8. The summed E-state index contributed by atoms with van der Waals surface area (Å²) in [6.45, 7) is 1.15. The van der Waals surface area contributed by atoms with Gasteiger partial charge in [-0.1, -0.05) is 36.0 Å². The quantitative estimate of drug-likeness (QED) is 0.637. The molecule has 0 radical (unpaired) electrons. The number of hydrogen-bond donors (Lipinski definition) is 0. The van der Waals surface area contributed by atoms with Gasteiger partial charge in [-0.2, -0.15) is 4.31 Å². The smallest absolute Gasteiger partial charge is 0.244 e. The highest BCUT2D eigenvalue weighted by Gasteiger charge is 2.28. The van der Waals surface area contributed by atoms with Crippen molar-refractivity contribution in [2.45, 2.75) is 48.1 Å². The normalized spacial score (nSPS) is 19.4. The lowest BCUT2D eigenvalue weighted by molar-refractivity contribution is -0.129. The van der Waals surface area contributed by atoms with Crippen LogP contribution in [0.25, 0.3) is 0 Å². The lowest BCUT2D eigenvalue weighted by Crippen LogP contribution is -2.34. The minimum atomic E-state index is -3.46. The summed E-state index contributed by atoms with van der Waals surface area (Å²) in [6.07, 6.45) is 6.34. The van der Waals surface area contributed by atoms with Gasteiger partial charge in [-0.15, -0.1) is 0 Å². The molecule has 0 unspecified atom stereocenters. The Bertz CT molecular complexity index is 1000. The third-order valence-electron chi connectivity index (χ3n) is 5.95. The number of thioether (sulfide) groups is 1. The third-order valence-corrected chi connectivity index (χ3v) is 8.76. The van der Waals surface area contributed by atoms with Gasteiger partial charge in [-0.3, -0.25) is 4.79 Å². The van der Waals surface area contributed by atoms with Crippen LogP contribution in [0.1, 0.15) is 42.9 Å². The van der Waals surface area contributed by atoms with E-state index in [0.29, 0.717) is 18.1 Å². The summed E-state index contributed by atoms with van der Waals surface area (Å²) < 4.78 is 26.7. The minimum absolute atomic E-state index is 0.0530. The average Bonchev–Trinajstić information content (AvgIpc) is 3.33. The Morgan fingerprint density at radius 2 is 1.93 bits per heavy atom. The van der Waals surface area contributed by atoms with E-state index in [1.54, 1.807) is 12.1 Å². The first kappa shape index (κ1) is 21.3. The summed E-state index contributed by atoms with van der Waals surface area (Å²) in [6, 6.07) is 11.8. The Morgan fingerprint density at radius 1 is 1.17 bits per heavy atom. The van der Waals surface area contributed by atoms with Crippen LogP contribution < -0.4 is 0 Å². The number of pyridine rings is 1. The first-order valence-electron chi connectivity index (χ1n) is 10.4. The number of amides is 1. The molecule has 0 bridgehead atoms. The van der Waals surface area contributed by atoms with Gasteiger partial charge in [0.25, 0.3) is 0 Å². The predicted octanol–water partition coefficient (Wildman–Crippen LogP) is 3.49. The fourth-order valence-electron chi connectivity index (χ4n) is 4.22. The Labute approximate surface area is 182 Å². The molecule has 1 aliphatic carbocycles. The van der Waals surface area contributed by atoms with Gasteiger partial charge >= 0.3 is 0 Å². The van der Waals surface area contributed by atoms with Crippen molar-refractivity contribution in [3.63, 3.8) is 0 Å². The van der Waals surface area contributed by atoms with Crippen LogP contribution in [-0.2, 0) is 21.2 Å². The molecule has 1 amide bonds. The van der Waals surface area contributed by atoms with Crippen LogP contribution in [0.5, 0.6) is 0 Å². The largest absolute Gasteiger partial charge is 0.338 e. The van der Waals surface area contributed by atoms with Crippen molar-refractivity contribution in [2.75, 3.05) is 25.9 Å². The molecule has 1 fully saturated rings. The lowest BCUT2D eigenvalue weighted by atomic mass is 9.87. The number of hydrogen-bond acceptors (Lipinski definition) is 5. The zero-order valence-electron chi connectivity index (χ0n) is 17.2. The highest BCUT2D eigenvalue weighted by Crippen LogP contribution is 2.34. The standard InChI is InChI=1S/C22H27N3O3S2/c1-24(20-10-6-8-17-7-2-3-9-19(17)20)22(26)16-29-21-12-11-18(15-23-21)30(27,28)25-13-4-5-14-25/h2-3,7,9,11-12,15,20H,4-6,8,10,13-14,16H2,1H3/t20-/m0/s1. The molecule has 30 heavy (non-hydrogen) atoms. The van der Waals surface area contributed by atoms with Crippen molar-refractivity contribution in [2.24, 2.45) is 0 Å². The molecule has 2 aromatic rings. The number of benzene rings is 1. The topological polar surface area (TPSA) is 70.6 Å². The van der Waals surface area contributed by atoms with Gasteiger partial charge in [-0.05, 0) is 55.4 Å². The van der Waals surface area contributed by atoms with Crippen molar-refractivity contribution in [1.82, 2.24) is 14.2 Å². The predicted molar refractivity (Wildman–Crippen MR) is 118 cm³/mol. The van der Waals surface area contributed by atoms with Gasteiger partial charge in [0.1, 0.15) is 4.90 Å². The first-order valence-corrected chi connectivity index (χ1v) is 12.8. The molecule has 0 N–H and O–H groups in total. The molecule has 4 rings (SSSR count). The van der Waals surface area contributed by atoms with E-state index < -0.39 is 10.0 Å². The molecule has 0 spiro atoms. The summed E-state index contributed by atoms with van der Waals surface area (Å²) in [5.41, 5.74) is 2.58. The van der Waals surface area contributed by atoms with E-state index in [1.807, 2.05) is 18.0 Å². The molecule has 160 valence electrons. The van der Waals surface area contributed by atoms with Gasteiger partial charge in [0, 0.05) is 26.3 Å². The minimum Gasteiger partial charge on any atom is -0.338 e. The van der Waals surface area contributed by atoms with Crippen LogP contribution in [0.4, 0.5) is 0 Å². The molecule has 1 aromatic heterocycles. The molecule has 1 aromatic carbocycles. The lowest BCUT2D eigenvalue weighted by Gasteiger charge is -2.33. The van der Waals surface area contributed by atoms with Gasteiger partial charge in [0.15, 0.2) is 0 Å². The SMILES string of the molecule is CN(C(=O)CSc1ccc(S(=O)(=O)N2CCCC2)cn1)[C@H]1CCCc2ccccc21. The van der Waals surface area contributed by atoms with Crippen LogP contribution in [0.2, 0.25) is 0 Å². The Balaban J connectivity index is 1.37. The van der Waals surface area contributed by atoms with Crippen LogP contribution >= 0.6 is 11.8 Å². The molecule has 2 heterocycles. The second-order valence-electron chi connectivity index (χ2n) is 7.84. The maximum absolute atomic E-state index is 12.8. The fraction of sp³-hybridized carbons (Fsp3) is 0.455. The average molecular weight is 446 g/mol. The highest BCUT2D eigenvalue weighted by atomic mass is 32.2. The van der Waals surface area contributed by atoms with Crippen molar-refractivity contribution in [3.8, 4) is 0 Å². The van der Waals surface area contributed by atoms with Crippen LogP contribution in [0.3, 0.4) is 0 Å². The van der Waals surface area contributed by atoms with Gasteiger partial charge in [0.05, 0.1) is 16.8 Å². The fourth-order valence-corrected chi connectivity index (χ4v) is 6.45. The molecule has 8 heteroatoms. The molecule has 6 nitrogen and oxygen atoms in total. The highest BCUT2D eigenvalue weighted by molar-refractivity contribution is 7.99. The van der Waals surface area contributed by atoms with Crippen molar-refractivity contribution in [3.05, 3.63) is 53.7 Å². The van der Waals surface area contributed by atoms with Crippen LogP contribution in [-0.4, -0.2) is 54.4 Å². The second-order valence-corrected chi connectivity index (χ2v) is 10.8. The third kappa shape index (κ3) is 4.40. The number of rotatable bonds is 6. The van der Waals surface area contributed by atoms with Crippen LogP contribution in [0.15, 0.2) is 52.5 Å². The number of aryl methyl sites for hydroxylation is 1. The summed E-state index contributed by atoms with van der Waals surface area (Å²) in [5, 5.41) is 0.654. The van der Waals surface area contributed by atoms with Gasteiger partial charge < -0.3 is 4.90 Å². The molecule has 0 saturated carbocycles. The molecular formula is C22H27N3O3S2. The van der Waals surface area contributed by atoms with Gasteiger partial charge in [0.2, 0.25) is 15.9 Å².